The Hall–Kier alpha value is 0.190. The monoisotopic (exact) mass is 295 g/mol. The van der Waals surface area contributed by atoms with Crippen LogP contribution in [-0.2, 0) is 13.6 Å². The molecule has 0 saturated heterocycles. The minimum Gasteiger partial charge on any atom is -0.311 e. The molecule has 0 radical (unpaired) electrons. The maximum Gasteiger partial charge on any atom is 0.332 e. The fraction of sp³-hybridized carbons (Fsp3) is 1.00. The summed E-state index contributed by atoms with van der Waals surface area (Å²) in [5, 5.41) is 0. The molecule has 0 aliphatic carbocycles. The van der Waals surface area contributed by atoms with Crippen LogP contribution in [0.15, 0.2) is 0 Å². The van der Waals surface area contributed by atoms with Crippen molar-refractivity contribution in [1.82, 2.24) is 14.7 Å². The van der Waals surface area contributed by atoms with Crippen LogP contribution in [0.2, 0.25) is 0 Å². The number of hydrogen-bond donors (Lipinski definition) is 0. The van der Waals surface area contributed by atoms with Gasteiger partial charge in [-0.3, -0.25) is 0 Å². The van der Waals surface area contributed by atoms with Crippen molar-refractivity contribution in [3.8, 4) is 0 Å². The lowest BCUT2D eigenvalue weighted by Crippen LogP contribution is -2.20. The van der Waals surface area contributed by atoms with Crippen LogP contribution in [0.25, 0.3) is 0 Å². The van der Waals surface area contributed by atoms with Gasteiger partial charge in [0, 0.05) is 19.6 Å². The molecule has 0 fully saturated rings. The lowest BCUT2D eigenvalue weighted by molar-refractivity contribution is 0.137. The van der Waals surface area contributed by atoms with Gasteiger partial charge in [0.05, 0.1) is 19.8 Å². The van der Waals surface area contributed by atoms with Gasteiger partial charge in [-0.2, -0.15) is 0 Å². The molecule has 0 aromatic carbocycles. The van der Waals surface area contributed by atoms with Crippen molar-refractivity contribution in [3.63, 3.8) is 0 Å². The molecule has 0 N–H and O–H groups in total. The van der Waals surface area contributed by atoms with Gasteiger partial charge in [0.2, 0.25) is 0 Å². The zero-order valence-corrected chi connectivity index (χ0v) is 14.2. The predicted molar refractivity (Wildman–Crippen MR) is 80.4 cm³/mol. The van der Waals surface area contributed by atoms with Crippen LogP contribution in [0.1, 0.15) is 0 Å². The van der Waals surface area contributed by atoms with E-state index in [4.69, 9.17) is 13.6 Å². The smallest absolute Gasteiger partial charge is 0.311 e. The summed E-state index contributed by atoms with van der Waals surface area (Å²) in [4.78, 5) is 6.23. The van der Waals surface area contributed by atoms with Crippen LogP contribution in [0.3, 0.4) is 0 Å². The van der Waals surface area contributed by atoms with E-state index >= 15 is 0 Å². The summed E-state index contributed by atoms with van der Waals surface area (Å²) in [6.45, 7) is 4.49. The Balaban J connectivity index is 3.85. The minimum atomic E-state index is -1.23. The first-order chi connectivity index (χ1) is 8.91. The van der Waals surface area contributed by atoms with Crippen LogP contribution in [0, 0.1) is 0 Å². The quantitative estimate of drug-likeness (QED) is 0.499. The summed E-state index contributed by atoms with van der Waals surface area (Å²) in [5.41, 5.74) is 0. The van der Waals surface area contributed by atoms with E-state index in [1.165, 1.54) is 0 Å². The summed E-state index contributed by atoms with van der Waals surface area (Å²) in [6.07, 6.45) is 0. The van der Waals surface area contributed by atoms with E-state index < -0.39 is 8.60 Å². The summed E-state index contributed by atoms with van der Waals surface area (Å²) >= 11 is 0. The molecular weight excluding hydrogens is 265 g/mol. The second-order valence-electron chi connectivity index (χ2n) is 5.13. The highest BCUT2D eigenvalue weighted by Gasteiger charge is 2.13. The van der Waals surface area contributed by atoms with Gasteiger partial charge >= 0.3 is 8.60 Å². The molecule has 0 saturated carbocycles. The molecule has 0 aliphatic rings. The van der Waals surface area contributed by atoms with Crippen molar-refractivity contribution in [3.05, 3.63) is 0 Å². The van der Waals surface area contributed by atoms with E-state index in [-0.39, 0.29) is 0 Å². The molecule has 0 spiro atoms. The lowest BCUT2D eigenvalue weighted by Gasteiger charge is -2.20. The molecular formula is C12H30N3O3P. The third kappa shape index (κ3) is 14.4. The van der Waals surface area contributed by atoms with Gasteiger partial charge in [0.25, 0.3) is 0 Å². The van der Waals surface area contributed by atoms with Crippen LogP contribution >= 0.6 is 8.60 Å². The van der Waals surface area contributed by atoms with Gasteiger partial charge in [-0.05, 0) is 42.3 Å². The lowest BCUT2D eigenvalue weighted by atomic mass is 10.6. The molecule has 0 amide bonds. The molecule has 0 bridgehead atoms. The Morgan fingerprint density at radius 3 is 1.05 bits per heavy atom. The highest BCUT2D eigenvalue weighted by atomic mass is 31.2. The van der Waals surface area contributed by atoms with Crippen LogP contribution in [-0.4, -0.2) is 96.4 Å². The molecule has 0 aliphatic heterocycles. The topological polar surface area (TPSA) is 37.4 Å². The standard InChI is InChI=1S/C12H30N3O3P/c1-13(2)7-10-16-19(17-11-8-14(3)4)18-12-9-15(5)6/h7-12H2,1-6H3. The molecule has 116 valence electrons. The minimum absolute atomic E-state index is 0.628. The van der Waals surface area contributed by atoms with E-state index in [0.717, 1.165) is 19.6 Å². The normalized spacial score (nSPS) is 12.3. The largest absolute Gasteiger partial charge is 0.332 e. The van der Waals surface area contributed by atoms with Crippen molar-refractivity contribution in [2.75, 3.05) is 81.7 Å². The summed E-state index contributed by atoms with van der Waals surface area (Å²) in [5.74, 6) is 0. The fourth-order valence-electron chi connectivity index (χ4n) is 1.01. The maximum absolute atomic E-state index is 5.66. The first kappa shape index (κ1) is 19.2. The van der Waals surface area contributed by atoms with E-state index in [2.05, 4.69) is 14.7 Å². The molecule has 6 nitrogen and oxygen atoms in total. The first-order valence-corrected chi connectivity index (χ1v) is 7.64. The zero-order chi connectivity index (χ0) is 14.7. The second-order valence-corrected chi connectivity index (χ2v) is 6.35. The van der Waals surface area contributed by atoms with Crippen LogP contribution in [0.4, 0.5) is 0 Å². The highest BCUT2D eigenvalue weighted by molar-refractivity contribution is 7.41. The maximum atomic E-state index is 5.66. The van der Waals surface area contributed by atoms with Crippen molar-refractivity contribution in [2.24, 2.45) is 0 Å². The van der Waals surface area contributed by atoms with E-state index in [0.29, 0.717) is 19.8 Å². The number of nitrogens with zero attached hydrogens (tertiary/aromatic N) is 3. The molecule has 0 aromatic heterocycles. The fourth-order valence-corrected chi connectivity index (χ4v) is 1.92. The summed E-state index contributed by atoms with van der Waals surface area (Å²) in [7, 11) is 10.9. The van der Waals surface area contributed by atoms with Gasteiger partial charge < -0.3 is 28.3 Å². The molecule has 0 heterocycles. The van der Waals surface area contributed by atoms with Crippen molar-refractivity contribution >= 4 is 8.60 Å². The average molecular weight is 295 g/mol. The Kier molecular flexibility index (Phi) is 12.1. The number of likely N-dealkylation sites (N-methyl/N-ethyl adjacent to an activating group) is 3. The Labute approximate surface area is 119 Å². The summed E-state index contributed by atoms with van der Waals surface area (Å²) in [6, 6.07) is 0. The third-order valence-electron chi connectivity index (χ3n) is 2.21. The van der Waals surface area contributed by atoms with E-state index in [1.54, 1.807) is 0 Å². The first-order valence-electron chi connectivity index (χ1n) is 6.55. The van der Waals surface area contributed by atoms with Gasteiger partial charge in [0.1, 0.15) is 0 Å². The molecule has 19 heavy (non-hydrogen) atoms. The molecule has 0 aromatic rings. The molecule has 0 unspecified atom stereocenters. The molecule has 0 atom stereocenters. The molecule has 7 heteroatoms. The Morgan fingerprint density at radius 1 is 0.579 bits per heavy atom. The number of rotatable bonds is 12. The SMILES string of the molecule is CN(C)CCOP(OCCN(C)C)OCCN(C)C. The van der Waals surface area contributed by atoms with Gasteiger partial charge in [-0.25, -0.2) is 0 Å². The highest BCUT2D eigenvalue weighted by Crippen LogP contribution is 2.39. The third-order valence-corrected chi connectivity index (χ3v) is 3.39. The van der Waals surface area contributed by atoms with Crippen LogP contribution < -0.4 is 0 Å². The van der Waals surface area contributed by atoms with Gasteiger partial charge in [-0.1, -0.05) is 0 Å². The predicted octanol–water partition coefficient (Wildman–Crippen LogP) is 0.948. The van der Waals surface area contributed by atoms with E-state index in [1.807, 2.05) is 42.3 Å². The van der Waals surface area contributed by atoms with Crippen LogP contribution in [0.5, 0.6) is 0 Å². The van der Waals surface area contributed by atoms with Crippen molar-refractivity contribution in [1.29, 1.82) is 0 Å². The van der Waals surface area contributed by atoms with Crippen molar-refractivity contribution < 1.29 is 13.6 Å². The zero-order valence-electron chi connectivity index (χ0n) is 13.3. The average Bonchev–Trinajstić information content (AvgIpc) is 2.26. The Morgan fingerprint density at radius 2 is 0.842 bits per heavy atom. The number of hydrogen-bond acceptors (Lipinski definition) is 6. The van der Waals surface area contributed by atoms with Gasteiger partial charge in [0.15, 0.2) is 0 Å². The van der Waals surface area contributed by atoms with Gasteiger partial charge in [-0.15, -0.1) is 0 Å². The van der Waals surface area contributed by atoms with E-state index in [9.17, 15) is 0 Å². The second kappa shape index (κ2) is 12.0. The Bertz CT molecular complexity index is 173. The molecule has 0 rings (SSSR count). The van der Waals surface area contributed by atoms with Crippen molar-refractivity contribution in [2.45, 2.75) is 0 Å². The summed E-state index contributed by atoms with van der Waals surface area (Å²) < 4.78 is 17.0.